The molecule has 1 N–H and O–H groups in total. The number of carbonyl (C=O) groups excluding carboxylic acids is 1. The summed E-state index contributed by atoms with van der Waals surface area (Å²) in [4.78, 5) is 21.4. The molecule has 1 heterocycles. The molecule has 5 nitrogen and oxygen atoms in total. The van der Waals surface area contributed by atoms with Gasteiger partial charge in [-0.05, 0) is 25.7 Å². The van der Waals surface area contributed by atoms with Gasteiger partial charge in [0.15, 0.2) is 0 Å². The van der Waals surface area contributed by atoms with E-state index in [-0.39, 0.29) is 5.78 Å². The minimum Gasteiger partial charge on any atom is -0.370 e. The van der Waals surface area contributed by atoms with Crippen molar-refractivity contribution in [3.8, 4) is 0 Å². The Balaban J connectivity index is 1.92. The van der Waals surface area contributed by atoms with Crippen LogP contribution in [0.4, 0.5) is 11.6 Å². The van der Waals surface area contributed by atoms with Gasteiger partial charge in [0.2, 0.25) is 0 Å². The third kappa shape index (κ3) is 4.19. The molecule has 0 atom stereocenters. The van der Waals surface area contributed by atoms with Crippen molar-refractivity contribution in [3.63, 3.8) is 0 Å². The van der Waals surface area contributed by atoms with Gasteiger partial charge in [0, 0.05) is 19.7 Å². The number of aromatic nitrogens is 2. The maximum absolute atomic E-state index is 11.1. The SMILES string of the molecule is CC(=O)CN(C)c1cc(NCC2CCCC2)ncn1. The van der Waals surface area contributed by atoms with Crippen molar-refractivity contribution in [1.29, 1.82) is 0 Å². The molecule has 0 bridgehead atoms. The highest BCUT2D eigenvalue weighted by Crippen LogP contribution is 2.25. The van der Waals surface area contributed by atoms with Gasteiger partial charge in [-0.15, -0.1) is 0 Å². The molecule has 1 aromatic heterocycles. The quantitative estimate of drug-likeness (QED) is 0.851. The van der Waals surface area contributed by atoms with E-state index >= 15 is 0 Å². The molecule has 2 rings (SSSR count). The van der Waals surface area contributed by atoms with E-state index in [9.17, 15) is 4.79 Å². The first-order chi connectivity index (χ1) is 9.15. The number of carbonyl (C=O) groups is 1. The largest absolute Gasteiger partial charge is 0.370 e. The van der Waals surface area contributed by atoms with Crippen molar-refractivity contribution in [2.45, 2.75) is 32.6 Å². The number of Topliss-reactive ketones (excluding diaryl/α,β-unsaturated/α-hetero) is 1. The summed E-state index contributed by atoms with van der Waals surface area (Å²) in [5, 5.41) is 3.37. The molecule has 1 aliphatic carbocycles. The van der Waals surface area contributed by atoms with Crippen LogP contribution >= 0.6 is 0 Å². The Hall–Kier alpha value is -1.65. The smallest absolute Gasteiger partial charge is 0.149 e. The summed E-state index contributed by atoms with van der Waals surface area (Å²) in [5.74, 6) is 2.52. The molecule has 0 spiro atoms. The second-order valence-electron chi connectivity index (χ2n) is 5.35. The number of nitrogens with zero attached hydrogens (tertiary/aromatic N) is 3. The highest BCUT2D eigenvalue weighted by molar-refractivity contribution is 5.80. The second-order valence-corrected chi connectivity index (χ2v) is 5.35. The summed E-state index contributed by atoms with van der Waals surface area (Å²) in [7, 11) is 1.87. The second kappa shape index (κ2) is 6.50. The molecule has 19 heavy (non-hydrogen) atoms. The van der Waals surface area contributed by atoms with E-state index in [1.165, 1.54) is 25.7 Å². The number of hydrogen-bond donors (Lipinski definition) is 1. The van der Waals surface area contributed by atoms with Crippen LogP contribution < -0.4 is 10.2 Å². The van der Waals surface area contributed by atoms with Crippen molar-refractivity contribution >= 4 is 17.4 Å². The van der Waals surface area contributed by atoms with E-state index in [0.717, 1.165) is 24.1 Å². The van der Waals surface area contributed by atoms with Crippen LogP contribution in [0.5, 0.6) is 0 Å². The van der Waals surface area contributed by atoms with Crippen LogP contribution in [0.25, 0.3) is 0 Å². The minimum absolute atomic E-state index is 0.126. The third-order valence-electron chi connectivity index (χ3n) is 3.55. The molecule has 0 aliphatic heterocycles. The fraction of sp³-hybridized carbons (Fsp3) is 0.643. The number of anilines is 2. The van der Waals surface area contributed by atoms with Crippen molar-refractivity contribution in [1.82, 2.24) is 9.97 Å². The van der Waals surface area contributed by atoms with Crippen molar-refractivity contribution in [2.24, 2.45) is 5.92 Å². The first-order valence-corrected chi connectivity index (χ1v) is 6.91. The molecule has 1 aliphatic rings. The Morgan fingerprint density at radius 1 is 1.42 bits per heavy atom. The standard InChI is InChI=1S/C14H22N4O/c1-11(19)9-18(2)14-7-13(16-10-17-14)15-8-12-5-3-4-6-12/h7,10,12H,3-6,8-9H2,1-2H3,(H,15,16,17). The van der Waals surface area contributed by atoms with Crippen LogP contribution in [0.3, 0.4) is 0 Å². The summed E-state index contributed by atoms with van der Waals surface area (Å²) in [6.45, 7) is 2.93. The monoisotopic (exact) mass is 262 g/mol. The van der Waals surface area contributed by atoms with E-state index in [1.54, 1.807) is 13.3 Å². The Kier molecular flexibility index (Phi) is 4.71. The number of nitrogens with one attached hydrogen (secondary N) is 1. The molecule has 104 valence electrons. The molecule has 1 saturated carbocycles. The zero-order valence-electron chi connectivity index (χ0n) is 11.7. The van der Waals surface area contributed by atoms with Crippen LogP contribution in [0.1, 0.15) is 32.6 Å². The average molecular weight is 262 g/mol. The van der Waals surface area contributed by atoms with Gasteiger partial charge in [0.25, 0.3) is 0 Å². The summed E-state index contributed by atoms with van der Waals surface area (Å²) in [6, 6.07) is 1.90. The summed E-state index contributed by atoms with van der Waals surface area (Å²) < 4.78 is 0. The molecule has 5 heteroatoms. The fourth-order valence-electron chi connectivity index (χ4n) is 2.53. The van der Waals surface area contributed by atoms with Gasteiger partial charge < -0.3 is 10.2 Å². The molecule has 0 saturated heterocycles. The van der Waals surface area contributed by atoms with Crippen molar-refractivity contribution < 1.29 is 4.79 Å². The maximum Gasteiger partial charge on any atom is 0.149 e. The number of hydrogen-bond acceptors (Lipinski definition) is 5. The van der Waals surface area contributed by atoms with Crippen molar-refractivity contribution in [2.75, 3.05) is 30.4 Å². The lowest BCUT2D eigenvalue weighted by Crippen LogP contribution is -2.25. The average Bonchev–Trinajstić information content (AvgIpc) is 2.89. The topological polar surface area (TPSA) is 58.1 Å². The van der Waals surface area contributed by atoms with Crippen LogP contribution in [-0.4, -0.2) is 35.9 Å². The predicted octanol–water partition coefficient (Wildman–Crippen LogP) is 2.10. The molecule has 1 aromatic rings. The zero-order valence-corrected chi connectivity index (χ0v) is 11.7. The lowest BCUT2D eigenvalue weighted by atomic mass is 10.1. The fourth-order valence-corrected chi connectivity index (χ4v) is 2.53. The summed E-state index contributed by atoms with van der Waals surface area (Å²) >= 11 is 0. The lowest BCUT2D eigenvalue weighted by molar-refractivity contribution is -0.115. The van der Waals surface area contributed by atoms with Gasteiger partial charge in [0.05, 0.1) is 6.54 Å². The van der Waals surface area contributed by atoms with Gasteiger partial charge in [-0.2, -0.15) is 0 Å². The lowest BCUT2D eigenvalue weighted by Gasteiger charge is -2.17. The number of likely N-dealkylation sites (N-methyl/N-ethyl adjacent to an activating group) is 1. The Morgan fingerprint density at radius 2 is 2.16 bits per heavy atom. The zero-order chi connectivity index (χ0) is 13.7. The van der Waals surface area contributed by atoms with Crippen LogP contribution in [0.15, 0.2) is 12.4 Å². The highest BCUT2D eigenvalue weighted by Gasteiger charge is 2.14. The van der Waals surface area contributed by atoms with Crippen LogP contribution in [0, 0.1) is 5.92 Å². The highest BCUT2D eigenvalue weighted by atomic mass is 16.1. The number of rotatable bonds is 6. The molecular weight excluding hydrogens is 240 g/mol. The van der Waals surface area contributed by atoms with Gasteiger partial charge in [-0.25, -0.2) is 9.97 Å². The molecule has 1 fully saturated rings. The van der Waals surface area contributed by atoms with Gasteiger partial charge in [0.1, 0.15) is 23.7 Å². The Labute approximate surface area is 114 Å². The van der Waals surface area contributed by atoms with Gasteiger partial charge in [-0.3, -0.25) is 4.79 Å². The van der Waals surface area contributed by atoms with E-state index in [4.69, 9.17) is 0 Å². The predicted molar refractivity (Wildman–Crippen MR) is 76.4 cm³/mol. The van der Waals surface area contributed by atoms with Crippen LogP contribution in [-0.2, 0) is 4.79 Å². The number of ketones is 1. The Bertz CT molecular complexity index is 429. The molecule has 0 unspecified atom stereocenters. The summed E-state index contributed by atoms with van der Waals surface area (Å²) in [5.41, 5.74) is 0. The molecule has 0 amide bonds. The van der Waals surface area contributed by atoms with Crippen LogP contribution in [0.2, 0.25) is 0 Å². The first-order valence-electron chi connectivity index (χ1n) is 6.91. The molecule has 0 aromatic carbocycles. The van der Waals surface area contributed by atoms with Gasteiger partial charge >= 0.3 is 0 Å². The van der Waals surface area contributed by atoms with E-state index in [0.29, 0.717) is 6.54 Å². The van der Waals surface area contributed by atoms with E-state index < -0.39 is 0 Å². The molecular formula is C14H22N4O. The van der Waals surface area contributed by atoms with Gasteiger partial charge in [-0.1, -0.05) is 12.8 Å². The first kappa shape index (κ1) is 13.8. The van der Waals surface area contributed by atoms with E-state index in [2.05, 4.69) is 15.3 Å². The summed E-state index contributed by atoms with van der Waals surface area (Å²) in [6.07, 6.45) is 6.87. The van der Waals surface area contributed by atoms with E-state index in [1.807, 2.05) is 18.0 Å². The molecule has 0 radical (unpaired) electrons. The normalized spacial score (nSPS) is 15.5. The third-order valence-corrected chi connectivity index (χ3v) is 3.55. The van der Waals surface area contributed by atoms with Crippen molar-refractivity contribution in [3.05, 3.63) is 12.4 Å². The maximum atomic E-state index is 11.1. The Morgan fingerprint density at radius 3 is 2.84 bits per heavy atom. The minimum atomic E-state index is 0.126.